The van der Waals surface area contributed by atoms with E-state index in [1.165, 1.54) is 37.9 Å². The van der Waals surface area contributed by atoms with E-state index in [4.69, 9.17) is 0 Å². The molecule has 126 valence electrons. The Bertz CT molecular complexity index is 687. The van der Waals surface area contributed by atoms with Crippen LogP contribution in [0.2, 0.25) is 0 Å². The number of likely N-dealkylation sites (tertiary alicyclic amines) is 1. The number of hydrogen-bond acceptors (Lipinski definition) is 2. The van der Waals surface area contributed by atoms with Crippen molar-refractivity contribution in [1.82, 2.24) is 10.2 Å². The summed E-state index contributed by atoms with van der Waals surface area (Å²) in [5, 5.41) is 2.68. The molecule has 2 aromatic rings. The molecule has 3 nitrogen and oxygen atoms in total. The molecule has 0 aliphatic carbocycles. The smallest absolute Gasteiger partial charge is 0.251 e. The summed E-state index contributed by atoms with van der Waals surface area (Å²) in [5.41, 5.74) is 4.28. The van der Waals surface area contributed by atoms with Crippen LogP contribution in [-0.2, 0) is 0 Å². The standard InChI is InChI=1S/C21H26N2O/c1-16(23-13-4-3-5-14-23)17-9-11-18(12-10-17)19-7-6-8-20(15-19)21(24)22-2/h6-12,15-16H,3-5,13-14H2,1-2H3,(H,22,24)/t16-/m1/s1. The van der Waals surface area contributed by atoms with Crippen LogP contribution in [0.25, 0.3) is 11.1 Å². The van der Waals surface area contributed by atoms with Gasteiger partial charge in [-0.05, 0) is 61.7 Å². The van der Waals surface area contributed by atoms with Gasteiger partial charge in [-0.2, -0.15) is 0 Å². The van der Waals surface area contributed by atoms with Crippen molar-refractivity contribution in [2.75, 3.05) is 20.1 Å². The van der Waals surface area contributed by atoms with Gasteiger partial charge in [-0.1, -0.05) is 42.8 Å². The molecule has 1 heterocycles. The highest BCUT2D eigenvalue weighted by molar-refractivity contribution is 5.95. The topological polar surface area (TPSA) is 32.3 Å². The van der Waals surface area contributed by atoms with Gasteiger partial charge in [0.15, 0.2) is 0 Å². The zero-order valence-electron chi connectivity index (χ0n) is 14.6. The van der Waals surface area contributed by atoms with Gasteiger partial charge < -0.3 is 5.32 Å². The van der Waals surface area contributed by atoms with E-state index in [2.05, 4.69) is 47.5 Å². The van der Waals surface area contributed by atoms with Crippen molar-refractivity contribution < 1.29 is 4.79 Å². The van der Waals surface area contributed by atoms with Gasteiger partial charge in [0.05, 0.1) is 0 Å². The van der Waals surface area contributed by atoms with Crippen LogP contribution in [0.5, 0.6) is 0 Å². The lowest BCUT2D eigenvalue weighted by molar-refractivity contribution is 0.0963. The monoisotopic (exact) mass is 322 g/mol. The Morgan fingerprint density at radius 2 is 1.71 bits per heavy atom. The van der Waals surface area contributed by atoms with E-state index in [1.54, 1.807) is 7.05 Å². The molecule has 3 rings (SSSR count). The Labute approximate surface area is 144 Å². The lowest BCUT2D eigenvalue weighted by Crippen LogP contribution is -2.32. The predicted molar refractivity (Wildman–Crippen MR) is 99.1 cm³/mol. The van der Waals surface area contributed by atoms with Crippen molar-refractivity contribution in [1.29, 1.82) is 0 Å². The quantitative estimate of drug-likeness (QED) is 0.912. The molecule has 3 heteroatoms. The normalized spacial score (nSPS) is 16.6. The predicted octanol–water partition coefficient (Wildman–Crippen LogP) is 4.26. The molecule has 1 fully saturated rings. The van der Waals surface area contributed by atoms with E-state index in [-0.39, 0.29) is 5.91 Å². The van der Waals surface area contributed by atoms with Crippen LogP contribution in [0.4, 0.5) is 0 Å². The molecule has 0 saturated carbocycles. The van der Waals surface area contributed by atoms with Gasteiger partial charge in [-0.3, -0.25) is 9.69 Å². The van der Waals surface area contributed by atoms with Crippen molar-refractivity contribution in [2.24, 2.45) is 0 Å². The third-order valence-electron chi connectivity index (χ3n) is 5.02. The number of carbonyl (C=O) groups excluding carboxylic acids is 1. The van der Waals surface area contributed by atoms with E-state index in [1.807, 2.05) is 18.2 Å². The molecule has 1 N–H and O–H groups in total. The number of benzene rings is 2. The molecule has 1 amide bonds. The lowest BCUT2D eigenvalue weighted by atomic mass is 9.98. The molecule has 1 saturated heterocycles. The summed E-state index contributed by atoms with van der Waals surface area (Å²) in [6.45, 7) is 4.71. The maximum Gasteiger partial charge on any atom is 0.251 e. The second-order valence-electron chi connectivity index (χ2n) is 6.55. The fourth-order valence-corrected chi connectivity index (χ4v) is 3.45. The van der Waals surface area contributed by atoms with E-state index >= 15 is 0 Å². The lowest BCUT2D eigenvalue weighted by Gasteiger charge is -2.32. The van der Waals surface area contributed by atoms with Crippen LogP contribution in [0.3, 0.4) is 0 Å². The molecule has 0 aromatic heterocycles. The van der Waals surface area contributed by atoms with Crippen molar-refractivity contribution >= 4 is 5.91 Å². The van der Waals surface area contributed by atoms with Crippen molar-refractivity contribution in [3.8, 4) is 11.1 Å². The minimum atomic E-state index is -0.0489. The summed E-state index contributed by atoms with van der Waals surface area (Å²) in [5.74, 6) is -0.0489. The Morgan fingerprint density at radius 1 is 1.00 bits per heavy atom. The zero-order valence-corrected chi connectivity index (χ0v) is 14.6. The van der Waals surface area contributed by atoms with E-state index in [0.29, 0.717) is 11.6 Å². The first-order valence-corrected chi connectivity index (χ1v) is 8.85. The van der Waals surface area contributed by atoms with Crippen LogP contribution >= 0.6 is 0 Å². The summed E-state index contributed by atoms with van der Waals surface area (Å²) < 4.78 is 0. The van der Waals surface area contributed by atoms with Gasteiger partial charge >= 0.3 is 0 Å². The maximum absolute atomic E-state index is 11.8. The summed E-state index contributed by atoms with van der Waals surface area (Å²) in [7, 11) is 1.66. The van der Waals surface area contributed by atoms with Crippen molar-refractivity contribution in [3.05, 3.63) is 59.7 Å². The number of nitrogens with one attached hydrogen (secondary N) is 1. The first-order chi connectivity index (χ1) is 11.7. The van der Waals surface area contributed by atoms with Gasteiger partial charge in [0.2, 0.25) is 0 Å². The number of carbonyl (C=O) groups is 1. The molecule has 24 heavy (non-hydrogen) atoms. The van der Waals surface area contributed by atoms with Crippen LogP contribution in [0.1, 0.15) is 48.1 Å². The molecule has 2 aromatic carbocycles. The molecule has 0 spiro atoms. The summed E-state index contributed by atoms with van der Waals surface area (Å²) in [6.07, 6.45) is 3.99. The Hall–Kier alpha value is -2.13. The summed E-state index contributed by atoms with van der Waals surface area (Å²) in [4.78, 5) is 14.4. The number of hydrogen-bond donors (Lipinski definition) is 1. The fourth-order valence-electron chi connectivity index (χ4n) is 3.45. The SMILES string of the molecule is CNC(=O)c1cccc(-c2ccc([C@@H](C)N3CCCCC3)cc2)c1. The van der Waals surface area contributed by atoms with E-state index in [0.717, 1.165) is 11.1 Å². The van der Waals surface area contributed by atoms with Crippen molar-refractivity contribution in [3.63, 3.8) is 0 Å². The summed E-state index contributed by atoms with van der Waals surface area (Å²) in [6, 6.07) is 17.0. The summed E-state index contributed by atoms with van der Waals surface area (Å²) >= 11 is 0. The third-order valence-corrected chi connectivity index (χ3v) is 5.02. The molecule has 1 atom stereocenters. The number of amides is 1. The highest BCUT2D eigenvalue weighted by atomic mass is 16.1. The molecule has 0 unspecified atom stereocenters. The minimum absolute atomic E-state index is 0.0489. The van der Waals surface area contributed by atoms with Gasteiger partial charge in [0, 0.05) is 18.7 Å². The minimum Gasteiger partial charge on any atom is -0.355 e. The first-order valence-electron chi connectivity index (χ1n) is 8.85. The number of piperidine rings is 1. The molecule has 1 aliphatic heterocycles. The molecule has 0 bridgehead atoms. The van der Waals surface area contributed by atoms with Crippen LogP contribution < -0.4 is 5.32 Å². The molecular formula is C21H26N2O. The average molecular weight is 322 g/mol. The molecule has 1 aliphatic rings. The Morgan fingerprint density at radius 3 is 2.38 bits per heavy atom. The van der Waals surface area contributed by atoms with Gasteiger partial charge in [-0.25, -0.2) is 0 Å². The largest absolute Gasteiger partial charge is 0.355 e. The Kier molecular flexibility index (Phi) is 5.31. The highest BCUT2D eigenvalue weighted by Crippen LogP contribution is 2.27. The maximum atomic E-state index is 11.8. The number of nitrogens with zero attached hydrogens (tertiary/aromatic N) is 1. The number of rotatable bonds is 4. The third kappa shape index (κ3) is 3.68. The fraction of sp³-hybridized carbons (Fsp3) is 0.381. The zero-order chi connectivity index (χ0) is 16.9. The van der Waals surface area contributed by atoms with Crippen LogP contribution in [-0.4, -0.2) is 30.9 Å². The van der Waals surface area contributed by atoms with Gasteiger partial charge in [0.1, 0.15) is 0 Å². The molecular weight excluding hydrogens is 296 g/mol. The molecule has 0 radical (unpaired) electrons. The average Bonchev–Trinajstić information content (AvgIpc) is 2.67. The second-order valence-corrected chi connectivity index (χ2v) is 6.55. The highest BCUT2D eigenvalue weighted by Gasteiger charge is 2.18. The first kappa shape index (κ1) is 16.7. The van der Waals surface area contributed by atoms with Crippen LogP contribution in [0, 0.1) is 0 Å². The van der Waals surface area contributed by atoms with Crippen LogP contribution in [0.15, 0.2) is 48.5 Å². The Balaban J connectivity index is 1.78. The van der Waals surface area contributed by atoms with Gasteiger partial charge in [0.25, 0.3) is 5.91 Å². The van der Waals surface area contributed by atoms with Gasteiger partial charge in [-0.15, -0.1) is 0 Å². The second kappa shape index (κ2) is 7.63. The van der Waals surface area contributed by atoms with Crippen molar-refractivity contribution in [2.45, 2.75) is 32.2 Å². The van der Waals surface area contributed by atoms with E-state index in [9.17, 15) is 4.79 Å². The van der Waals surface area contributed by atoms with E-state index < -0.39 is 0 Å².